The Kier molecular flexibility index (Phi) is 6.13. The zero-order chi connectivity index (χ0) is 20.2. The lowest BCUT2D eigenvalue weighted by Gasteiger charge is -2.21. The number of carbonyl (C=O) groups excluding carboxylic acids is 1. The second-order valence-corrected chi connectivity index (χ2v) is 8.50. The first-order valence-electron chi connectivity index (χ1n) is 9.51. The lowest BCUT2D eigenvalue weighted by atomic mass is 10.2. The molecule has 0 saturated heterocycles. The van der Waals surface area contributed by atoms with Crippen LogP contribution in [0.25, 0.3) is 11.3 Å². The number of nitrogens with one attached hydrogen (secondary N) is 1. The van der Waals surface area contributed by atoms with Gasteiger partial charge >= 0.3 is 0 Å². The van der Waals surface area contributed by atoms with Gasteiger partial charge in [-0.2, -0.15) is 0 Å². The smallest absolute Gasteiger partial charge is 0.234 e. The molecule has 7 heteroatoms. The molecule has 0 spiro atoms. The number of rotatable bonds is 5. The van der Waals surface area contributed by atoms with E-state index in [1.807, 2.05) is 60.8 Å². The maximum atomic E-state index is 12.5. The van der Waals surface area contributed by atoms with Crippen LogP contribution in [-0.4, -0.2) is 35.0 Å². The normalized spacial score (nSPS) is 16.6. The second kappa shape index (κ2) is 8.95. The van der Waals surface area contributed by atoms with Crippen LogP contribution in [-0.2, 0) is 17.9 Å². The molecule has 2 aromatic carbocycles. The predicted octanol–water partition coefficient (Wildman–Crippen LogP) is 4.36. The van der Waals surface area contributed by atoms with Gasteiger partial charge in [0.1, 0.15) is 16.9 Å². The Hall–Kier alpha value is -2.41. The minimum absolute atomic E-state index is 0.00220. The van der Waals surface area contributed by atoms with Crippen molar-refractivity contribution < 1.29 is 9.53 Å². The van der Waals surface area contributed by atoms with E-state index >= 15 is 0 Å². The van der Waals surface area contributed by atoms with Gasteiger partial charge in [0, 0.05) is 34.6 Å². The zero-order valence-corrected chi connectivity index (χ0v) is 17.7. The highest BCUT2D eigenvalue weighted by molar-refractivity contribution is 7.09. The number of benzene rings is 2. The van der Waals surface area contributed by atoms with Crippen molar-refractivity contribution in [1.82, 2.24) is 15.2 Å². The standard InChI is InChI=1S/C22H22ClN3O2S/c1-15-11-26(12-17-9-18(23)7-8-20(17)28-15)13-21(27)24-10-22-25-19(14-29-22)16-5-3-2-4-6-16/h2-9,14-15H,10-13H2,1H3,(H,24,27)/t15-/m1/s1. The van der Waals surface area contributed by atoms with Crippen LogP contribution >= 0.6 is 22.9 Å². The maximum Gasteiger partial charge on any atom is 0.234 e. The lowest BCUT2D eigenvalue weighted by Crippen LogP contribution is -2.39. The summed E-state index contributed by atoms with van der Waals surface area (Å²) in [4.78, 5) is 19.2. The van der Waals surface area contributed by atoms with Crippen molar-refractivity contribution in [2.24, 2.45) is 0 Å². The summed E-state index contributed by atoms with van der Waals surface area (Å²) in [5, 5.41) is 6.56. The summed E-state index contributed by atoms with van der Waals surface area (Å²) in [5.41, 5.74) is 3.02. The Bertz CT molecular complexity index is 993. The van der Waals surface area contributed by atoms with Gasteiger partial charge in [0.25, 0.3) is 0 Å². The molecule has 0 saturated carbocycles. The van der Waals surface area contributed by atoms with Crippen molar-refractivity contribution >= 4 is 28.8 Å². The van der Waals surface area contributed by atoms with Gasteiger partial charge < -0.3 is 10.1 Å². The molecular weight excluding hydrogens is 406 g/mol. The van der Waals surface area contributed by atoms with Gasteiger partial charge in [0.2, 0.25) is 5.91 Å². The number of ether oxygens (including phenoxy) is 1. The number of nitrogens with zero attached hydrogens (tertiary/aromatic N) is 2. The van der Waals surface area contributed by atoms with Crippen LogP contribution in [0.5, 0.6) is 5.75 Å². The van der Waals surface area contributed by atoms with Crippen LogP contribution in [0.15, 0.2) is 53.9 Å². The summed E-state index contributed by atoms with van der Waals surface area (Å²) in [6.07, 6.45) is -0.00220. The monoisotopic (exact) mass is 427 g/mol. The van der Waals surface area contributed by atoms with Crippen LogP contribution in [0.4, 0.5) is 0 Å². The van der Waals surface area contributed by atoms with Crippen molar-refractivity contribution in [2.45, 2.75) is 26.1 Å². The molecule has 0 fully saturated rings. The molecule has 29 heavy (non-hydrogen) atoms. The molecule has 3 aromatic rings. The number of halogens is 1. The first kappa shape index (κ1) is 19.9. The molecule has 4 rings (SSSR count). The Balaban J connectivity index is 1.34. The topological polar surface area (TPSA) is 54.5 Å². The van der Waals surface area contributed by atoms with Crippen LogP contribution in [0.2, 0.25) is 5.02 Å². The molecule has 0 radical (unpaired) electrons. The summed E-state index contributed by atoms with van der Waals surface area (Å²) < 4.78 is 5.96. The van der Waals surface area contributed by atoms with Crippen LogP contribution in [0, 0.1) is 0 Å². The maximum absolute atomic E-state index is 12.5. The first-order chi connectivity index (χ1) is 14.1. The lowest BCUT2D eigenvalue weighted by molar-refractivity contribution is -0.122. The van der Waals surface area contributed by atoms with E-state index in [1.165, 1.54) is 0 Å². The van der Waals surface area contributed by atoms with Gasteiger partial charge in [-0.15, -0.1) is 11.3 Å². The third-order valence-electron chi connectivity index (χ3n) is 4.69. The van der Waals surface area contributed by atoms with E-state index in [1.54, 1.807) is 11.3 Å². The molecule has 0 bridgehead atoms. The van der Waals surface area contributed by atoms with Crippen LogP contribution < -0.4 is 10.1 Å². The van der Waals surface area contributed by atoms with E-state index in [9.17, 15) is 4.79 Å². The summed E-state index contributed by atoms with van der Waals surface area (Å²) in [7, 11) is 0. The van der Waals surface area contributed by atoms with Gasteiger partial charge in [-0.05, 0) is 25.1 Å². The van der Waals surface area contributed by atoms with E-state index in [4.69, 9.17) is 16.3 Å². The van der Waals surface area contributed by atoms with Crippen molar-refractivity contribution in [2.75, 3.05) is 13.1 Å². The fraction of sp³-hybridized carbons (Fsp3) is 0.273. The molecule has 1 amide bonds. The molecule has 0 unspecified atom stereocenters. The number of amides is 1. The second-order valence-electron chi connectivity index (χ2n) is 7.12. The summed E-state index contributed by atoms with van der Waals surface area (Å²) in [5.74, 6) is 0.806. The molecular formula is C22H22ClN3O2S. The number of aromatic nitrogens is 1. The van der Waals surface area contributed by atoms with Gasteiger partial charge in [-0.25, -0.2) is 4.98 Å². The highest BCUT2D eigenvalue weighted by Gasteiger charge is 2.22. The molecule has 1 aliphatic heterocycles. The molecule has 5 nitrogen and oxygen atoms in total. The third-order valence-corrected chi connectivity index (χ3v) is 5.77. The Morgan fingerprint density at radius 3 is 2.97 bits per heavy atom. The van der Waals surface area contributed by atoms with Crippen LogP contribution in [0.3, 0.4) is 0 Å². The molecule has 1 atom stereocenters. The minimum Gasteiger partial charge on any atom is -0.489 e. The van der Waals surface area contributed by atoms with Gasteiger partial charge in [0.15, 0.2) is 0 Å². The van der Waals surface area contributed by atoms with Crippen molar-refractivity contribution in [3.05, 3.63) is 69.5 Å². The van der Waals surface area contributed by atoms with Crippen molar-refractivity contribution in [3.63, 3.8) is 0 Å². The Morgan fingerprint density at radius 2 is 2.14 bits per heavy atom. The largest absolute Gasteiger partial charge is 0.489 e. The van der Waals surface area contributed by atoms with Gasteiger partial charge in [-0.3, -0.25) is 9.69 Å². The zero-order valence-electron chi connectivity index (χ0n) is 16.1. The minimum atomic E-state index is -0.0286. The molecule has 1 aromatic heterocycles. The Labute approximate surface area is 179 Å². The number of hydrogen-bond acceptors (Lipinski definition) is 5. The van der Waals surface area contributed by atoms with E-state index in [-0.39, 0.29) is 12.0 Å². The molecule has 150 valence electrons. The third kappa shape index (κ3) is 5.15. The SMILES string of the molecule is C[C@@H]1CN(CC(=O)NCc2nc(-c3ccccc3)cs2)Cc2cc(Cl)ccc2O1. The van der Waals surface area contributed by atoms with Crippen molar-refractivity contribution in [3.8, 4) is 17.0 Å². The van der Waals surface area contributed by atoms with Crippen molar-refractivity contribution in [1.29, 1.82) is 0 Å². The highest BCUT2D eigenvalue weighted by Crippen LogP contribution is 2.28. The average Bonchev–Trinajstić information content (AvgIpc) is 3.12. The van der Waals surface area contributed by atoms with E-state index < -0.39 is 0 Å². The molecule has 2 heterocycles. The fourth-order valence-corrected chi connectivity index (χ4v) is 4.33. The molecule has 0 aliphatic carbocycles. The van der Waals surface area contributed by atoms with E-state index in [0.29, 0.717) is 31.2 Å². The molecule has 1 N–H and O–H groups in total. The van der Waals surface area contributed by atoms with Gasteiger partial charge in [0.05, 0.1) is 18.8 Å². The number of fused-ring (bicyclic) bond motifs is 1. The Morgan fingerprint density at radius 1 is 1.31 bits per heavy atom. The number of hydrogen-bond donors (Lipinski definition) is 1. The number of thiazole rings is 1. The van der Waals surface area contributed by atoms with Gasteiger partial charge in [-0.1, -0.05) is 41.9 Å². The first-order valence-corrected chi connectivity index (χ1v) is 10.8. The summed E-state index contributed by atoms with van der Waals surface area (Å²) >= 11 is 7.68. The number of carbonyl (C=O) groups is 1. The highest BCUT2D eigenvalue weighted by atomic mass is 35.5. The molecule has 1 aliphatic rings. The summed E-state index contributed by atoms with van der Waals surface area (Å²) in [6, 6.07) is 15.7. The predicted molar refractivity (Wildman–Crippen MR) is 116 cm³/mol. The average molecular weight is 428 g/mol. The fourth-order valence-electron chi connectivity index (χ4n) is 3.40. The quantitative estimate of drug-likeness (QED) is 0.657. The summed E-state index contributed by atoms with van der Waals surface area (Å²) in [6.45, 7) is 4.04. The van der Waals surface area contributed by atoms with Crippen LogP contribution in [0.1, 0.15) is 17.5 Å². The van der Waals surface area contributed by atoms with E-state index in [0.717, 1.165) is 27.6 Å². The van der Waals surface area contributed by atoms with E-state index in [2.05, 4.69) is 15.2 Å².